The molecule has 2 rings (SSSR count). The zero-order valence-corrected chi connectivity index (χ0v) is 10.6. The SMILES string of the molecule is C=CC(C)[C@H]1C(=O)N(OC2CCCCO2)[C@H]1C. The summed E-state index contributed by atoms with van der Waals surface area (Å²) in [6.07, 6.45) is 4.65. The van der Waals surface area contributed by atoms with Crippen molar-refractivity contribution in [1.29, 1.82) is 0 Å². The number of β-lactam (4-membered cyclic amide) rings is 1. The largest absolute Gasteiger partial charge is 0.350 e. The number of ether oxygens (including phenoxy) is 1. The molecule has 2 aliphatic rings. The Kier molecular flexibility index (Phi) is 3.84. The lowest BCUT2D eigenvalue weighted by Crippen LogP contribution is -2.62. The first-order valence-corrected chi connectivity index (χ1v) is 6.39. The third-order valence-corrected chi connectivity index (χ3v) is 3.70. The highest BCUT2D eigenvalue weighted by Crippen LogP contribution is 2.34. The molecule has 0 spiro atoms. The van der Waals surface area contributed by atoms with E-state index in [9.17, 15) is 4.79 Å². The van der Waals surface area contributed by atoms with Gasteiger partial charge in [-0.2, -0.15) is 0 Å². The highest BCUT2D eigenvalue weighted by molar-refractivity contribution is 5.85. The second-order valence-corrected chi connectivity index (χ2v) is 4.93. The summed E-state index contributed by atoms with van der Waals surface area (Å²) in [5.74, 6) is 0.264. The molecular weight excluding hydrogens is 218 g/mol. The molecule has 0 bridgehead atoms. The van der Waals surface area contributed by atoms with Crippen molar-refractivity contribution < 1.29 is 14.4 Å². The Labute approximate surface area is 103 Å². The van der Waals surface area contributed by atoms with E-state index in [1.165, 1.54) is 5.06 Å². The van der Waals surface area contributed by atoms with Crippen LogP contribution in [0.3, 0.4) is 0 Å². The van der Waals surface area contributed by atoms with Gasteiger partial charge in [0.15, 0.2) is 6.29 Å². The summed E-state index contributed by atoms with van der Waals surface area (Å²) in [4.78, 5) is 17.5. The molecule has 0 N–H and O–H groups in total. The summed E-state index contributed by atoms with van der Waals surface area (Å²) in [5, 5.41) is 1.47. The minimum Gasteiger partial charge on any atom is -0.350 e. The zero-order chi connectivity index (χ0) is 12.4. The second-order valence-electron chi connectivity index (χ2n) is 4.93. The van der Waals surface area contributed by atoms with Crippen LogP contribution in [0.1, 0.15) is 33.1 Å². The standard InChI is InChI=1S/C13H21NO3/c1-4-9(2)12-10(3)14(13(12)15)17-11-7-5-6-8-16-11/h4,9-12H,1,5-8H2,2-3H3/t9?,10-,11?,12+/m0/s1. The summed E-state index contributed by atoms with van der Waals surface area (Å²) < 4.78 is 5.47. The third-order valence-electron chi connectivity index (χ3n) is 3.70. The van der Waals surface area contributed by atoms with Gasteiger partial charge in [0.1, 0.15) is 0 Å². The van der Waals surface area contributed by atoms with Crippen molar-refractivity contribution in [2.45, 2.75) is 45.4 Å². The molecule has 96 valence electrons. The van der Waals surface area contributed by atoms with Crippen molar-refractivity contribution in [3.63, 3.8) is 0 Å². The normalized spacial score (nSPS) is 35.3. The van der Waals surface area contributed by atoms with Crippen LogP contribution in [0.4, 0.5) is 0 Å². The molecule has 4 atom stereocenters. The van der Waals surface area contributed by atoms with Gasteiger partial charge < -0.3 is 4.74 Å². The molecule has 0 saturated carbocycles. The maximum absolute atomic E-state index is 11.9. The zero-order valence-electron chi connectivity index (χ0n) is 10.6. The first kappa shape index (κ1) is 12.6. The van der Waals surface area contributed by atoms with Crippen molar-refractivity contribution in [3.8, 4) is 0 Å². The van der Waals surface area contributed by atoms with Crippen LogP contribution < -0.4 is 0 Å². The van der Waals surface area contributed by atoms with Crippen molar-refractivity contribution >= 4 is 5.91 Å². The lowest BCUT2D eigenvalue weighted by Gasteiger charge is -2.47. The van der Waals surface area contributed by atoms with E-state index in [-0.39, 0.29) is 30.1 Å². The number of hydroxylamine groups is 2. The first-order valence-electron chi connectivity index (χ1n) is 6.39. The van der Waals surface area contributed by atoms with Gasteiger partial charge in [-0.05, 0) is 25.7 Å². The van der Waals surface area contributed by atoms with Gasteiger partial charge in [0.25, 0.3) is 5.91 Å². The number of carbonyl (C=O) groups is 1. The van der Waals surface area contributed by atoms with Crippen LogP contribution in [0.15, 0.2) is 12.7 Å². The molecule has 17 heavy (non-hydrogen) atoms. The van der Waals surface area contributed by atoms with Gasteiger partial charge in [0, 0.05) is 13.0 Å². The Balaban J connectivity index is 1.87. The van der Waals surface area contributed by atoms with E-state index < -0.39 is 0 Å². The molecule has 0 aromatic heterocycles. The van der Waals surface area contributed by atoms with E-state index >= 15 is 0 Å². The van der Waals surface area contributed by atoms with Gasteiger partial charge >= 0.3 is 0 Å². The molecule has 2 aliphatic heterocycles. The van der Waals surface area contributed by atoms with Crippen LogP contribution in [-0.2, 0) is 14.4 Å². The highest BCUT2D eigenvalue weighted by Gasteiger charge is 2.48. The summed E-state index contributed by atoms with van der Waals surface area (Å²) >= 11 is 0. The van der Waals surface area contributed by atoms with Crippen LogP contribution in [-0.4, -0.2) is 29.9 Å². The molecule has 0 aliphatic carbocycles. The van der Waals surface area contributed by atoms with E-state index in [2.05, 4.69) is 6.58 Å². The summed E-state index contributed by atoms with van der Waals surface area (Å²) in [6, 6.07) is 0.112. The van der Waals surface area contributed by atoms with Crippen LogP contribution >= 0.6 is 0 Å². The molecule has 2 saturated heterocycles. The van der Waals surface area contributed by atoms with E-state index in [4.69, 9.17) is 9.57 Å². The molecule has 2 unspecified atom stereocenters. The Bertz CT molecular complexity index is 299. The van der Waals surface area contributed by atoms with Crippen LogP contribution in [0.2, 0.25) is 0 Å². The molecule has 2 fully saturated rings. The molecule has 4 heteroatoms. The number of hydrogen-bond donors (Lipinski definition) is 0. The maximum atomic E-state index is 11.9. The lowest BCUT2D eigenvalue weighted by molar-refractivity contribution is -0.318. The Morgan fingerprint density at radius 3 is 2.88 bits per heavy atom. The van der Waals surface area contributed by atoms with Gasteiger partial charge in [-0.15, -0.1) is 6.58 Å². The van der Waals surface area contributed by atoms with E-state index in [0.29, 0.717) is 0 Å². The minimum absolute atomic E-state index is 0.0103. The lowest BCUT2D eigenvalue weighted by atomic mass is 9.81. The molecular formula is C13H21NO3. The summed E-state index contributed by atoms with van der Waals surface area (Å²) in [5.41, 5.74) is 0. The number of allylic oxidation sites excluding steroid dienone is 1. The van der Waals surface area contributed by atoms with E-state index in [1.54, 1.807) is 0 Å². The topological polar surface area (TPSA) is 38.8 Å². The molecule has 4 nitrogen and oxygen atoms in total. The predicted octanol–water partition coefficient (Wildman–Crippen LogP) is 2.11. The molecule has 1 amide bonds. The number of nitrogens with zero attached hydrogens (tertiary/aromatic N) is 1. The molecule has 0 aromatic rings. The van der Waals surface area contributed by atoms with Crippen LogP contribution in [0.5, 0.6) is 0 Å². The van der Waals surface area contributed by atoms with Crippen LogP contribution in [0.25, 0.3) is 0 Å². The number of carbonyl (C=O) groups excluding carboxylic acids is 1. The molecule has 2 heterocycles. The van der Waals surface area contributed by atoms with Gasteiger partial charge in [-0.1, -0.05) is 13.0 Å². The Morgan fingerprint density at radius 1 is 1.59 bits per heavy atom. The summed E-state index contributed by atoms with van der Waals surface area (Å²) in [6.45, 7) is 8.49. The van der Waals surface area contributed by atoms with Gasteiger partial charge in [-0.3, -0.25) is 4.79 Å². The third kappa shape index (κ3) is 2.38. The summed E-state index contributed by atoms with van der Waals surface area (Å²) in [7, 11) is 0. The quantitative estimate of drug-likeness (QED) is 0.557. The second kappa shape index (κ2) is 5.19. The van der Waals surface area contributed by atoms with Crippen molar-refractivity contribution in [2.75, 3.05) is 6.61 Å². The average Bonchev–Trinajstić information content (AvgIpc) is 2.37. The number of hydrogen-bond acceptors (Lipinski definition) is 3. The average molecular weight is 239 g/mol. The molecule has 0 aromatic carbocycles. The Hall–Kier alpha value is -0.870. The predicted molar refractivity (Wildman–Crippen MR) is 63.8 cm³/mol. The van der Waals surface area contributed by atoms with Crippen molar-refractivity contribution in [1.82, 2.24) is 5.06 Å². The Morgan fingerprint density at radius 2 is 2.35 bits per heavy atom. The fourth-order valence-electron chi connectivity index (χ4n) is 2.50. The van der Waals surface area contributed by atoms with Gasteiger partial charge in [-0.25, -0.2) is 9.90 Å². The van der Waals surface area contributed by atoms with Crippen LogP contribution in [0, 0.1) is 11.8 Å². The minimum atomic E-state index is -0.241. The van der Waals surface area contributed by atoms with Gasteiger partial charge in [0.05, 0.1) is 12.0 Å². The fourth-order valence-corrected chi connectivity index (χ4v) is 2.50. The first-order chi connectivity index (χ1) is 8.15. The maximum Gasteiger partial charge on any atom is 0.252 e. The van der Waals surface area contributed by atoms with Gasteiger partial charge in [0.2, 0.25) is 0 Å². The number of amides is 1. The van der Waals surface area contributed by atoms with E-state index in [0.717, 1.165) is 25.9 Å². The number of rotatable bonds is 4. The van der Waals surface area contributed by atoms with Crippen molar-refractivity contribution in [3.05, 3.63) is 12.7 Å². The fraction of sp³-hybridized carbons (Fsp3) is 0.769. The van der Waals surface area contributed by atoms with Crippen molar-refractivity contribution in [2.24, 2.45) is 11.8 Å². The molecule has 0 radical (unpaired) electrons. The van der Waals surface area contributed by atoms with E-state index in [1.807, 2.05) is 19.9 Å². The monoisotopic (exact) mass is 239 g/mol. The smallest absolute Gasteiger partial charge is 0.252 e. The highest BCUT2D eigenvalue weighted by atomic mass is 16.8.